The average Bonchev–Trinajstić information content (AvgIpc) is 2.91. The van der Waals surface area contributed by atoms with Gasteiger partial charge in [-0.3, -0.25) is 4.90 Å². The summed E-state index contributed by atoms with van der Waals surface area (Å²) in [5, 5.41) is 9.06. The summed E-state index contributed by atoms with van der Waals surface area (Å²) in [6.45, 7) is 8.53. The maximum atomic E-state index is 4.72. The number of hydrogen-bond donors (Lipinski definition) is 0. The Morgan fingerprint density at radius 3 is 2.73 bits per heavy atom. The van der Waals surface area contributed by atoms with Gasteiger partial charge in [0, 0.05) is 37.5 Å². The Bertz CT molecular complexity index is 730. The van der Waals surface area contributed by atoms with Crippen LogP contribution in [0, 0.1) is 0 Å². The molecule has 2 aromatic rings. The summed E-state index contributed by atoms with van der Waals surface area (Å²) in [6, 6.07) is 2.05. The lowest BCUT2D eigenvalue weighted by Crippen LogP contribution is -2.33. The largest absolute Gasteiger partial charge is 0.315 e. The molecule has 0 aliphatic carbocycles. The van der Waals surface area contributed by atoms with Gasteiger partial charge in [-0.05, 0) is 44.8 Å². The topological polar surface area (TPSA) is 59.7 Å². The van der Waals surface area contributed by atoms with E-state index in [1.165, 1.54) is 43.8 Å². The van der Waals surface area contributed by atoms with Crippen molar-refractivity contribution in [1.82, 2.24) is 29.6 Å². The van der Waals surface area contributed by atoms with Crippen molar-refractivity contribution in [2.24, 2.45) is 0 Å². The van der Waals surface area contributed by atoms with Crippen molar-refractivity contribution in [3.63, 3.8) is 0 Å². The van der Waals surface area contributed by atoms with E-state index in [0.717, 1.165) is 44.1 Å². The highest BCUT2D eigenvalue weighted by Crippen LogP contribution is 2.29. The first-order valence-corrected chi connectivity index (χ1v) is 10.2. The third kappa shape index (κ3) is 3.80. The molecule has 6 nitrogen and oxygen atoms in total. The molecule has 2 aromatic heterocycles. The van der Waals surface area contributed by atoms with Gasteiger partial charge in [-0.2, -0.15) is 0 Å². The van der Waals surface area contributed by atoms with Gasteiger partial charge < -0.3 is 4.57 Å². The Labute approximate surface area is 156 Å². The molecule has 6 heteroatoms. The highest BCUT2D eigenvalue weighted by Gasteiger charge is 2.26. The molecule has 0 atom stereocenters. The number of piperidine rings is 1. The van der Waals surface area contributed by atoms with Crippen LogP contribution in [0.15, 0.2) is 12.3 Å². The molecule has 0 bridgehead atoms. The molecule has 140 valence electrons. The Hall–Kier alpha value is -1.82. The Balaban J connectivity index is 1.37. The van der Waals surface area contributed by atoms with E-state index in [2.05, 4.69) is 44.6 Å². The molecule has 0 N–H and O–H groups in total. The molecule has 2 aliphatic heterocycles. The van der Waals surface area contributed by atoms with Crippen molar-refractivity contribution in [2.75, 3.05) is 13.1 Å². The van der Waals surface area contributed by atoms with Crippen LogP contribution < -0.4 is 0 Å². The van der Waals surface area contributed by atoms with Crippen molar-refractivity contribution < 1.29 is 0 Å². The molecule has 0 amide bonds. The maximum absolute atomic E-state index is 4.72. The minimum atomic E-state index is 0.379. The predicted octanol–water partition coefficient (Wildman–Crippen LogP) is 3.30. The van der Waals surface area contributed by atoms with E-state index in [1.54, 1.807) is 0 Å². The van der Waals surface area contributed by atoms with E-state index >= 15 is 0 Å². The lowest BCUT2D eigenvalue weighted by molar-refractivity contribution is 0.197. The predicted molar refractivity (Wildman–Crippen MR) is 101 cm³/mol. The second-order valence-corrected chi connectivity index (χ2v) is 8.05. The Morgan fingerprint density at radius 2 is 1.92 bits per heavy atom. The standard InChI is InChI=1S/C20H30N6/c1-15(2)19-21-10-7-17(22-19)14-25-12-8-16(9-13-25)20-24-23-18-6-4-3-5-11-26(18)20/h7,10,15-16H,3-6,8-9,11-14H2,1-2H3. The van der Waals surface area contributed by atoms with Crippen molar-refractivity contribution in [3.8, 4) is 0 Å². The first-order valence-electron chi connectivity index (χ1n) is 10.2. The molecule has 2 aliphatic rings. The zero-order valence-corrected chi connectivity index (χ0v) is 16.1. The SMILES string of the molecule is CC(C)c1nccc(CN2CCC(c3nnc4n3CCCCC4)CC2)n1. The fourth-order valence-electron chi connectivity index (χ4n) is 4.17. The van der Waals surface area contributed by atoms with Gasteiger partial charge in [0.1, 0.15) is 17.5 Å². The van der Waals surface area contributed by atoms with Gasteiger partial charge in [0.25, 0.3) is 0 Å². The van der Waals surface area contributed by atoms with Gasteiger partial charge in [-0.25, -0.2) is 9.97 Å². The second-order valence-electron chi connectivity index (χ2n) is 8.05. The Morgan fingerprint density at radius 1 is 1.08 bits per heavy atom. The maximum Gasteiger partial charge on any atom is 0.136 e. The number of hydrogen-bond acceptors (Lipinski definition) is 5. The summed E-state index contributed by atoms with van der Waals surface area (Å²) >= 11 is 0. The number of likely N-dealkylation sites (tertiary alicyclic amines) is 1. The van der Waals surface area contributed by atoms with Crippen LogP contribution in [-0.4, -0.2) is 42.7 Å². The van der Waals surface area contributed by atoms with Crippen LogP contribution in [0.1, 0.15) is 81.0 Å². The second kappa shape index (κ2) is 7.82. The summed E-state index contributed by atoms with van der Waals surface area (Å²) in [7, 11) is 0. The van der Waals surface area contributed by atoms with Gasteiger partial charge in [0.05, 0.1) is 5.69 Å². The van der Waals surface area contributed by atoms with Gasteiger partial charge in [0.2, 0.25) is 0 Å². The molecule has 0 saturated carbocycles. The van der Waals surface area contributed by atoms with Crippen LogP contribution >= 0.6 is 0 Å². The molecular weight excluding hydrogens is 324 g/mol. The molecule has 0 unspecified atom stereocenters. The summed E-state index contributed by atoms with van der Waals surface area (Å²) in [4.78, 5) is 11.6. The van der Waals surface area contributed by atoms with Crippen LogP contribution in [-0.2, 0) is 19.5 Å². The molecule has 0 aromatic carbocycles. The number of fused-ring (bicyclic) bond motifs is 1. The smallest absolute Gasteiger partial charge is 0.136 e. The highest BCUT2D eigenvalue weighted by molar-refractivity contribution is 5.07. The van der Waals surface area contributed by atoms with Crippen molar-refractivity contribution >= 4 is 0 Å². The van der Waals surface area contributed by atoms with Gasteiger partial charge in [-0.1, -0.05) is 20.3 Å². The average molecular weight is 355 g/mol. The van der Waals surface area contributed by atoms with Gasteiger partial charge >= 0.3 is 0 Å². The van der Waals surface area contributed by atoms with E-state index in [1.807, 2.05) is 6.20 Å². The number of rotatable bonds is 4. The number of aromatic nitrogens is 5. The minimum Gasteiger partial charge on any atom is -0.315 e. The first-order chi connectivity index (χ1) is 12.7. The minimum absolute atomic E-state index is 0.379. The third-order valence-corrected chi connectivity index (χ3v) is 5.72. The van der Waals surface area contributed by atoms with Gasteiger partial charge in [-0.15, -0.1) is 10.2 Å². The van der Waals surface area contributed by atoms with E-state index in [-0.39, 0.29) is 0 Å². The zero-order chi connectivity index (χ0) is 17.9. The molecule has 1 saturated heterocycles. The van der Waals surface area contributed by atoms with E-state index in [0.29, 0.717) is 11.8 Å². The van der Waals surface area contributed by atoms with E-state index < -0.39 is 0 Å². The monoisotopic (exact) mass is 354 g/mol. The van der Waals surface area contributed by atoms with Crippen LogP contribution in [0.2, 0.25) is 0 Å². The highest BCUT2D eigenvalue weighted by atomic mass is 15.3. The molecule has 4 rings (SSSR count). The number of nitrogens with zero attached hydrogens (tertiary/aromatic N) is 6. The van der Waals surface area contributed by atoms with Crippen molar-refractivity contribution in [3.05, 3.63) is 35.4 Å². The summed E-state index contributed by atoms with van der Waals surface area (Å²) in [5.41, 5.74) is 1.14. The quantitative estimate of drug-likeness (QED) is 0.843. The van der Waals surface area contributed by atoms with Crippen LogP contribution in [0.3, 0.4) is 0 Å². The Kier molecular flexibility index (Phi) is 5.29. The van der Waals surface area contributed by atoms with E-state index in [4.69, 9.17) is 4.98 Å². The molecular formula is C20H30N6. The first kappa shape index (κ1) is 17.6. The molecule has 0 radical (unpaired) electrons. The molecule has 0 spiro atoms. The van der Waals surface area contributed by atoms with Gasteiger partial charge in [0.15, 0.2) is 0 Å². The summed E-state index contributed by atoms with van der Waals surface area (Å²) in [5.74, 6) is 4.34. The van der Waals surface area contributed by atoms with Crippen LogP contribution in [0.4, 0.5) is 0 Å². The molecule has 1 fully saturated rings. The molecule has 26 heavy (non-hydrogen) atoms. The fraction of sp³-hybridized carbons (Fsp3) is 0.700. The lowest BCUT2D eigenvalue weighted by atomic mass is 9.95. The zero-order valence-electron chi connectivity index (χ0n) is 16.1. The van der Waals surface area contributed by atoms with E-state index in [9.17, 15) is 0 Å². The van der Waals surface area contributed by atoms with Crippen LogP contribution in [0.25, 0.3) is 0 Å². The lowest BCUT2D eigenvalue weighted by Gasteiger charge is -2.31. The molecule has 4 heterocycles. The summed E-state index contributed by atoms with van der Waals surface area (Å²) in [6.07, 6.45) is 9.17. The number of aryl methyl sites for hydroxylation is 1. The van der Waals surface area contributed by atoms with Crippen molar-refractivity contribution in [1.29, 1.82) is 0 Å². The fourth-order valence-corrected chi connectivity index (χ4v) is 4.17. The van der Waals surface area contributed by atoms with Crippen LogP contribution in [0.5, 0.6) is 0 Å². The third-order valence-electron chi connectivity index (χ3n) is 5.72. The normalized spacial score (nSPS) is 19.5. The van der Waals surface area contributed by atoms with Crippen molar-refractivity contribution in [2.45, 2.75) is 77.3 Å². The summed E-state index contributed by atoms with van der Waals surface area (Å²) < 4.78 is 2.42.